The van der Waals surface area contributed by atoms with Crippen LogP contribution in [0.5, 0.6) is 11.5 Å². The number of nitrogens with one attached hydrogen (secondary N) is 1. The third kappa shape index (κ3) is 4.77. The SMILES string of the molecule is CC(OC(=O)c1cc(-c2ccc(F)cc2)nc2ccccc12)C(=O)NCc1ccc2c(c1)OCO2. The van der Waals surface area contributed by atoms with Crippen LogP contribution in [0, 0.1) is 5.82 Å². The summed E-state index contributed by atoms with van der Waals surface area (Å²) in [4.78, 5) is 30.3. The van der Waals surface area contributed by atoms with Gasteiger partial charge in [-0.15, -0.1) is 0 Å². The summed E-state index contributed by atoms with van der Waals surface area (Å²) in [6, 6.07) is 20.0. The van der Waals surface area contributed by atoms with Crippen molar-refractivity contribution in [2.24, 2.45) is 0 Å². The van der Waals surface area contributed by atoms with Gasteiger partial charge in [-0.05, 0) is 61.0 Å². The van der Waals surface area contributed by atoms with E-state index in [0.717, 1.165) is 5.56 Å². The molecule has 1 aromatic heterocycles. The zero-order valence-corrected chi connectivity index (χ0v) is 18.8. The van der Waals surface area contributed by atoms with E-state index in [0.29, 0.717) is 33.7 Å². The Morgan fingerprint density at radius 1 is 1.03 bits per heavy atom. The van der Waals surface area contributed by atoms with E-state index >= 15 is 0 Å². The van der Waals surface area contributed by atoms with Crippen molar-refractivity contribution in [2.45, 2.75) is 19.6 Å². The van der Waals surface area contributed by atoms with Gasteiger partial charge >= 0.3 is 5.97 Å². The lowest BCUT2D eigenvalue weighted by atomic mass is 10.0. The molecule has 0 aliphatic carbocycles. The maximum absolute atomic E-state index is 13.4. The molecule has 1 unspecified atom stereocenters. The zero-order valence-electron chi connectivity index (χ0n) is 18.8. The van der Waals surface area contributed by atoms with E-state index in [1.165, 1.54) is 19.1 Å². The van der Waals surface area contributed by atoms with E-state index in [9.17, 15) is 14.0 Å². The Morgan fingerprint density at radius 3 is 2.63 bits per heavy atom. The maximum atomic E-state index is 13.4. The molecule has 8 heteroatoms. The first-order chi connectivity index (χ1) is 17.0. The van der Waals surface area contributed by atoms with Crippen molar-refractivity contribution >= 4 is 22.8 Å². The summed E-state index contributed by atoms with van der Waals surface area (Å²) in [7, 11) is 0. The third-order valence-corrected chi connectivity index (χ3v) is 5.63. The molecular formula is C27H21FN2O5. The summed E-state index contributed by atoms with van der Waals surface area (Å²) >= 11 is 0. The van der Waals surface area contributed by atoms with Crippen LogP contribution in [0.25, 0.3) is 22.2 Å². The van der Waals surface area contributed by atoms with Crippen LogP contribution < -0.4 is 14.8 Å². The number of nitrogens with zero attached hydrogens (tertiary/aromatic N) is 1. The first-order valence-corrected chi connectivity index (χ1v) is 11.0. The molecule has 5 rings (SSSR count). The molecule has 3 aromatic carbocycles. The molecule has 1 aliphatic heterocycles. The molecule has 1 amide bonds. The van der Waals surface area contributed by atoms with Gasteiger partial charge < -0.3 is 19.5 Å². The van der Waals surface area contributed by atoms with Crippen molar-refractivity contribution in [1.29, 1.82) is 0 Å². The van der Waals surface area contributed by atoms with E-state index in [1.54, 1.807) is 48.5 Å². The van der Waals surface area contributed by atoms with Gasteiger partial charge in [0.05, 0.1) is 16.8 Å². The van der Waals surface area contributed by atoms with Crippen LogP contribution in [0.2, 0.25) is 0 Å². The number of benzene rings is 3. The minimum absolute atomic E-state index is 0.171. The lowest BCUT2D eigenvalue weighted by Gasteiger charge is -2.15. The summed E-state index contributed by atoms with van der Waals surface area (Å²) in [5.74, 6) is -0.176. The van der Waals surface area contributed by atoms with E-state index in [2.05, 4.69) is 10.3 Å². The number of hydrogen-bond acceptors (Lipinski definition) is 6. The van der Waals surface area contributed by atoms with E-state index in [1.807, 2.05) is 12.1 Å². The Morgan fingerprint density at radius 2 is 1.80 bits per heavy atom. The molecule has 2 heterocycles. The third-order valence-electron chi connectivity index (χ3n) is 5.63. The molecule has 0 radical (unpaired) electrons. The number of fused-ring (bicyclic) bond motifs is 2. The second-order valence-electron chi connectivity index (χ2n) is 8.03. The van der Waals surface area contributed by atoms with Gasteiger partial charge in [-0.1, -0.05) is 24.3 Å². The highest BCUT2D eigenvalue weighted by atomic mass is 19.1. The fraction of sp³-hybridized carbons (Fsp3) is 0.148. The second kappa shape index (κ2) is 9.42. The first kappa shape index (κ1) is 22.3. The van der Waals surface area contributed by atoms with Gasteiger partial charge in [-0.2, -0.15) is 0 Å². The average molecular weight is 472 g/mol. The van der Waals surface area contributed by atoms with Crippen LogP contribution in [-0.2, 0) is 16.1 Å². The van der Waals surface area contributed by atoms with Crippen molar-refractivity contribution in [1.82, 2.24) is 10.3 Å². The Bertz CT molecular complexity index is 1420. The van der Waals surface area contributed by atoms with Crippen LogP contribution in [0.4, 0.5) is 4.39 Å². The average Bonchev–Trinajstić information content (AvgIpc) is 3.35. The number of carbonyl (C=O) groups is 2. The predicted octanol–water partition coefficient (Wildman–Crippen LogP) is 4.63. The molecule has 1 N–H and O–H groups in total. The summed E-state index contributed by atoms with van der Waals surface area (Å²) < 4.78 is 29.5. The molecule has 0 bridgehead atoms. The normalized spacial score (nSPS) is 12.9. The van der Waals surface area contributed by atoms with Crippen molar-refractivity contribution in [2.75, 3.05) is 6.79 Å². The standard InChI is InChI=1S/C27H21FN2O5/c1-16(26(31)29-14-17-6-11-24-25(12-17)34-15-33-24)35-27(32)21-13-23(18-7-9-19(28)10-8-18)30-22-5-3-2-4-20(21)22/h2-13,16H,14-15H2,1H3,(H,29,31). The van der Waals surface area contributed by atoms with Crippen LogP contribution in [-0.4, -0.2) is 29.8 Å². The zero-order chi connectivity index (χ0) is 24.4. The molecule has 7 nitrogen and oxygen atoms in total. The number of pyridine rings is 1. The maximum Gasteiger partial charge on any atom is 0.339 e. The molecule has 0 saturated heterocycles. The first-order valence-electron chi connectivity index (χ1n) is 11.0. The Hall–Kier alpha value is -4.46. The number of aromatic nitrogens is 1. The minimum atomic E-state index is -1.03. The summed E-state index contributed by atoms with van der Waals surface area (Å²) in [5.41, 5.74) is 2.83. The van der Waals surface area contributed by atoms with Gasteiger partial charge in [0, 0.05) is 17.5 Å². The number of amides is 1. The van der Waals surface area contributed by atoms with Crippen molar-refractivity contribution in [3.05, 3.63) is 89.7 Å². The largest absolute Gasteiger partial charge is 0.454 e. The number of halogens is 1. The fourth-order valence-corrected chi connectivity index (χ4v) is 3.77. The van der Waals surface area contributed by atoms with Crippen molar-refractivity contribution in [3.8, 4) is 22.8 Å². The molecular weight excluding hydrogens is 451 g/mol. The molecule has 1 atom stereocenters. The lowest BCUT2D eigenvalue weighted by Crippen LogP contribution is -2.35. The monoisotopic (exact) mass is 472 g/mol. The highest BCUT2D eigenvalue weighted by molar-refractivity contribution is 6.05. The van der Waals surface area contributed by atoms with Gasteiger partial charge in [0.15, 0.2) is 17.6 Å². The van der Waals surface area contributed by atoms with Gasteiger partial charge in [0.2, 0.25) is 6.79 Å². The summed E-state index contributed by atoms with van der Waals surface area (Å²) in [6.07, 6.45) is -1.03. The van der Waals surface area contributed by atoms with Crippen LogP contribution in [0.1, 0.15) is 22.8 Å². The molecule has 0 saturated carbocycles. The molecule has 0 fully saturated rings. The Balaban J connectivity index is 1.32. The number of ether oxygens (including phenoxy) is 3. The van der Waals surface area contributed by atoms with Crippen LogP contribution >= 0.6 is 0 Å². The minimum Gasteiger partial charge on any atom is -0.454 e. The van der Waals surface area contributed by atoms with Gasteiger partial charge in [-0.3, -0.25) is 4.79 Å². The number of para-hydroxylation sites is 1. The van der Waals surface area contributed by atoms with E-state index in [4.69, 9.17) is 14.2 Å². The molecule has 35 heavy (non-hydrogen) atoms. The molecule has 176 valence electrons. The smallest absolute Gasteiger partial charge is 0.339 e. The molecule has 0 spiro atoms. The van der Waals surface area contributed by atoms with Gasteiger partial charge in [0.1, 0.15) is 5.82 Å². The van der Waals surface area contributed by atoms with Gasteiger partial charge in [-0.25, -0.2) is 14.2 Å². The predicted molar refractivity (Wildman–Crippen MR) is 126 cm³/mol. The van der Waals surface area contributed by atoms with Gasteiger partial charge in [0.25, 0.3) is 5.91 Å². The van der Waals surface area contributed by atoms with Crippen LogP contribution in [0.15, 0.2) is 72.8 Å². The Kier molecular flexibility index (Phi) is 6.01. The highest BCUT2D eigenvalue weighted by Crippen LogP contribution is 2.32. The van der Waals surface area contributed by atoms with Crippen LogP contribution in [0.3, 0.4) is 0 Å². The van der Waals surface area contributed by atoms with Crippen molar-refractivity contribution in [3.63, 3.8) is 0 Å². The van der Waals surface area contributed by atoms with E-state index in [-0.39, 0.29) is 24.7 Å². The number of hydrogen-bond donors (Lipinski definition) is 1. The molecule has 1 aliphatic rings. The highest BCUT2D eigenvalue weighted by Gasteiger charge is 2.22. The second-order valence-corrected chi connectivity index (χ2v) is 8.03. The molecule has 4 aromatic rings. The summed E-state index contributed by atoms with van der Waals surface area (Å²) in [6.45, 7) is 1.92. The Labute approximate surface area is 200 Å². The number of carbonyl (C=O) groups excluding carboxylic acids is 2. The lowest BCUT2D eigenvalue weighted by molar-refractivity contribution is -0.129. The number of esters is 1. The summed E-state index contributed by atoms with van der Waals surface area (Å²) in [5, 5.41) is 3.36. The van der Waals surface area contributed by atoms with Crippen molar-refractivity contribution < 1.29 is 28.2 Å². The number of rotatable bonds is 6. The topological polar surface area (TPSA) is 86.8 Å². The van der Waals surface area contributed by atoms with E-state index < -0.39 is 18.0 Å². The fourth-order valence-electron chi connectivity index (χ4n) is 3.77. The quantitative estimate of drug-likeness (QED) is 0.412.